The van der Waals surface area contributed by atoms with Crippen LogP contribution in [0.5, 0.6) is 0 Å². The third kappa shape index (κ3) is 4.33. The lowest BCUT2D eigenvalue weighted by molar-refractivity contribution is -0.122. The van der Waals surface area contributed by atoms with Crippen molar-refractivity contribution < 1.29 is 37.5 Å². The number of hydrogen-bond donors (Lipinski definition) is 6. The fraction of sp³-hybridized carbons (Fsp3) is 0.571. The van der Waals surface area contributed by atoms with Crippen LogP contribution in [0, 0.1) is 0 Å². The van der Waals surface area contributed by atoms with Crippen molar-refractivity contribution in [2.75, 3.05) is 12.3 Å². The third-order valence-electron chi connectivity index (χ3n) is 4.43. The van der Waals surface area contributed by atoms with Crippen LogP contribution < -0.4 is 16.2 Å². The molecule has 166 valence electrons. The van der Waals surface area contributed by atoms with Gasteiger partial charge in [0.25, 0.3) is 5.91 Å². The number of ether oxygens (including phenoxy) is 1. The monoisotopic (exact) mass is 447 g/mol. The van der Waals surface area contributed by atoms with Crippen LogP contribution in [0.15, 0.2) is 12.7 Å². The van der Waals surface area contributed by atoms with Gasteiger partial charge in [-0.1, -0.05) is 0 Å². The number of aliphatic hydroxyl groups is 3. The maximum Gasteiger partial charge on any atom is 0.362 e. The lowest BCUT2D eigenvalue weighted by atomic mass is 10.1. The van der Waals surface area contributed by atoms with Crippen LogP contribution >= 0.6 is 0 Å². The van der Waals surface area contributed by atoms with Gasteiger partial charge in [-0.05, 0) is 6.92 Å². The number of amides is 1. The number of aliphatic hydroxyl groups excluding tert-OH is 3. The zero-order valence-electron chi connectivity index (χ0n) is 15.6. The molecule has 0 aromatic carbocycles. The largest absolute Gasteiger partial charge is 0.391 e. The van der Waals surface area contributed by atoms with Crippen molar-refractivity contribution in [2.45, 2.75) is 43.6 Å². The van der Waals surface area contributed by atoms with Crippen molar-refractivity contribution in [3.63, 3.8) is 0 Å². The highest BCUT2D eigenvalue weighted by Gasteiger charge is 2.45. The molecule has 30 heavy (non-hydrogen) atoms. The van der Waals surface area contributed by atoms with Crippen LogP contribution in [-0.4, -0.2) is 86.2 Å². The Morgan fingerprint density at radius 2 is 2.07 bits per heavy atom. The third-order valence-corrected chi connectivity index (χ3v) is 5.33. The number of nitrogen functional groups attached to an aromatic ring is 1. The van der Waals surface area contributed by atoms with Gasteiger partial charge in [-0.3, -0.25) is 13.5 Å². The first-order valence-electron chi connectivity index (χ1n) is 8.61. The highest BCUT2D eigenvalue weighted by Crippen LogP contribution is 2.32. The number of aromatic nitrogens is 4. The van der Waals surface area contributed by atoms with Crippen LogP contribution in [0.4, 0.5) is 5.82 Å². The molecule has 3 heterocycles. The molecule has 1 saturated heterocycles. The van der Waals surface area contributed by atoms with E-state index in [9.17, 15) is 28.5 Å². The Kier molecular flexibility index (Phi) is 6.18. The van der Waals surface area contributed by atoms with E-state index in [0.717, 1.165) is 0 Å². The molecule has 1 aliphatic heterocycles. The van der Waals surface area contributed by atoms with E-state index in [-0.39, 0.29) is 17.0 Å². The molecule has 16 heteroatoms. The van der Waals surface area contributed by atoms with Gasteiger partial charge < -0.3 is 31.5 Å². The van der Waals surface area contributed by atoms with Gasteiger partial charge in [0.05, 0.1) is 19.0 Å². The van der Waals surface area contributed by atoms with Crippen LogP contribution in [0.3, 0.4) is 0 Å². The fourth-order valence-electron chi connectivity index (χ4n) is 2.75. The van der Waals surface area contributed by atoms with Crippen LogP contribution in [-0.2, 0) is 24.0 Å². The highest BCUT2D eigenvalue weighted by atomic mass is 32.2. The Morgan fingerprint density at radius 3 is 2.73 bits per heavy atom. The molecular formula is C14H21N7O8S. The first-order chi connectivity index (χ1) is 14.0. The maximum atomic E-state index is 11.9. The molecule has 1 amide bonds. The minimum absolute atomic E-state index is 0.101. The molecule has 2 aromatic rings. The second-order valence-corrected chi connectivity index (χ2v) is 7.95. The topological polar surface area (TPSA) is 238 Å². The minimum atomic E-state index is -4.62. The van der Waals surface area contributed by atoms with Gasteiger partial charge in [0.2, 0.25) is 0 Å². The molecule has 1 fully saturated rings. The summed E-state index contributed by atoms with van der Waals surface area (Å²) in [6.45, 7) is 0.478. The maximum absolute atomic E-state index is 11.9. The number of nitrogens with one attached hydrogen (secondary N) is 1. The van der Waals surface area contributed by atoms with Crippen molar-refractivity contribution in [2.24, 2.45) is 5.73 Å². The van der Waals surface area contributed by atoms with Gasteiger partial charge in [-0.15, -0.1) is 0 Å². The Labute approximate surface area is 169 Å². The molecule has 3 rings (SSSR count). The predicted molar refractivity (Wildman–Crippen MR) is 98.3 cm³/mol. The van der Waals surface area contributed by atoms with Gasteiger partial charge in [-0.25, -0.2) is 19.7 Å². The van der Waals surface area contributed by atoms with E-state index in [2.05, 4.69) is 19.1 Å². The summed E-state index contributed by atoms with van der Waals surface area (Å²) < 4.78 is 36.8. The fourth-order valence-corrected chi connectivity index (χ4v) is 3.50. The summed E-state index contributed by atoms with van der Waals surface area (Å²) in [5.74, 6) is -1.08. The average Bonchev–Trinajstić information content (AvgIpc) is 3.22. The molecule has 0 unspecified atom stereocenters. The zero-order chi connectivity index (χ0) is 22.2. The summed E-state index contributed by atoms with van der Waals surface area (Å²) >= 11 is 0. The molecule has 15 nitrogen and oxygen atoms in total. The Morgan fingerprint density at radius 1 is 1.37 bits per heavy atom. The Bertz CT molecular complexity index is 1030. The molecule has 2 aromatic heterocycles. The first kappa shape index (κ1) is 22.2. The number of fused-ring (bicyclic) bond motifs is 1. The predicted octanol–water partition coefficient (Wildman–Crippen LogP) is -3.89. The van der Waals surface area contributed by atoms with Gasteiger partial charge in [0, 0.05) is 0 Å². The molecule has 8 N–H and O–H groups in total. The van der Waals surface area contributed by atoms with Crippen molar-refractivity contribution in [3.05, 3.63) is 12.7 Å². The van der Waals surface area contributed by atoms with Crippen LogP contribution in [0.2, 0.25) is 0 Å². The Hall–Kier alpha value is -2.47. The standard InChI is InChI=1S/C14H21N7O8S/c1-5(22)7(15)13(25)20-30(26,27)28-2-6-9(23)10(24)14(29-6)21-4-19-8-11(16)17-3-18-12(8)21/h3-7,9-10,14,22-24H,2,15H2,1H3,(H,20,25)(H2,16,17,18)/t5-,6+,7+,9+,10+,14+/m1/s1. The Balaban J connectivity index is 1.68. The second kappa shape index (κ2) is 8.34. The second-order valence-electron chi connectivity index (χ2n) is 6.60. The minimum Gasteiger partial charge on any atom is -0.391 e. The normalized spacial score (nSPS) is 26.6. The van der Waals surface area contributed by atoms with Crippen molar-refractivity contribution in [1.82, 2.24) is 24.2 Å². The number of rotatable bonds is 7. The number of hydrogen-bond acceptors (Lipinski definition) is 13. The van der Waals surface area contributed by atoms with Crippen molar-refractivity contribution >= 4 is 33.2 Å². The first-order valence-corrected chi connectivity index (χ1v) is 10.0. The lowest BCUT2D eigenvalue weighted by Crippen LogP contribution is -2.49. The van der Waals surface area contributed by atoms with Crippen molar-refractivity contribution in [1.29, 1.82) is 0 Å². The van der Waals surface area contributed by atoms with E-state index >= 15 is 0 Å². The van der Waals surface area contributed by atoms with E-state index in [1.807, 2.05) is 0 Å². The average molecular weight is 447 g/mol. The smallest absolute Gasteiger partial charge is 0.362 e. The molecule has 0 spiro atoms. The molecule has 0 saturated carbocycles. The van der Waals surface area contributed by atoms with Crippen LogP contribution in [0.25, 0.3) is 11.2 Å². The number of nitrogens with two attached hydrogens (primary N) is 2. The van der Waals surface area contributed by atoms with Crippen molar-refractivity contribution in [3.8, 4) is 0 Å². The number of carbonyl (C=O) groups is 1. The van der Waals surface area contributed by atoms with Gasteiger partial charge in [0.1, 0.15) is 36.2 Å². The number of carbonyl (C=O) groups excluding carboxylic acids is 1. The molecule has 0 bridgehead atoms. The van der Waals surface area contributed by atoms with E-state index in [1.165, 1.54) is 28.9 Å². The lowest BCUT2D eigenvalue weighted by Gasteiger charge is -2.17. The summed E-state index contributed by atoms with van der Waals surface area (Å²) in [5, 5.41) is 29.8. The summed E-state index contributed by atoms with van der Waals surface area (Å²) in [7, 11) is -4.62. The molecular weight excluding hydrogens is 426 g/mol. The molecule has 0 radical (unpaired) electrons. The van der Waals surface area contributed by atoms with E-state index in [4.69, 9.17) is 16.2 Å². The van der Waals surface area contributed by atoms with E-state index in [0.29, 0.717) is 0 Å². The number of anilines is 1. The van der Waals surface area contributed by atoms with Crippen LogP contribution in [0.1, 0.15) is 13.2 Å². The summed E-state index contributed by atoms with van der Waals surface area (Å²) in [6, 6.07) is -1.49. The summed E-state index contributed by atoms with van der Waals surface area (Å²) in [5.41, 5.74) is 11.5. The molecule has 1 aliphatic rings. The zero-order valence-corrected chi connectivity index (χ0v) is 16.4. The van der Waals surface area contributed by atoms with Gasteiger partial charge in [0.15, 0.2) is 17.7 Å². The van der Waals surface area contributed by atoms with Gasteiger partial charge >= 0.3 is 10.3 Å². The quantitative estimate of drug-likeness (QED) is 0.238. The van der Waals surface area contributed by atoms with E-state index in [1.54, 1.807) is 0 Å². The number of imidazole rings is 1. The highest BCUT2D eigenvalue weighted by molar-refractivity contribution is 7.85. The van der Waals surface area contributed by atoms with Gasteiger partial charge in [-0.2, -0.15) is 8.42 Å². The molecule has 0 aliphatic carbocycles. The van der Waals surface area contributed by atoms with E-state index < -0.39 is 59.5 Å². The SMILES string of the molecule is C[C@@H](O)[C@H](N)C(=O)NS(=O)(=O)OC[C@@H]1O[C@H](n2cnc3c(N)ncnc32)[C@@H](O)[C@H]1O. The summed E-state index contributed by atoms with van der Waals surface area (Å²) in [6.07, 6.45) is -4.30. The summed E-state index contributed by atoms with van der Waals surface area (Å²) in [4.78, 5) is 23.5. The number of nitrogens with zero attached hydrogens (tertiary/aromatic N) is 4. The molecule has 6 atom stereocenters.